The number of hydrogen-bond donors (Lipinski definition) is 1. The van der Waals surface area contributed by atoms with Crippen molar-refractivity contribution in [3.63, 3.8) is 0 Å². The van der Waals surface area contributed by atoms with Gasteiger partial charge in [-0.25, -0.2) is 0 Å². The molecule has 0 aliphatic rings. The lowest BCUT2D eigenvalue weighted by Gasteiger charge is -1.97. The molecule has 3 heteroatoms. The number of hydrogen-bond acceptors (Lipinski definition) is 3. The van der Waals surface area contributed by atoms with Gasteiger partial charge in [0, 0.05) is 11.8 Å². The zero-order valence-electron chi connectivity index (χ0n) is 10.7. The number of ketones is 1. The summed E-state index contributed by atoms with van der Waals surface area (Å²) in [5.41, 5.74) is 7.37. The van der Waals surface area contributed by atoms with Crippen LogP contribution < -0.4 is 5.73 Å². The third-order valence-corrected chi connectivity index (χ3v) is 3.05. The van der Waals surface area contributed by atoms with Gasteiger partial charge in [0.15, 0.2) is 11.5 Å². The summed E-state index contributed by atoms with van der Waals surface area (Å²) in [5, 5.41) is 1.00. The average molecular weight is 245 g/mol. The Kier molecular flexibility index (Phi) is 4.15. The van der Waals surface area contributed by atoms with Crippen LogP contribution in [0.3, 0.4) is 0 Å². The van der Waals surface area contributed by atoms with Crippen molar-refractivity contribution in [2.75, 3.05) is 6.54 Å². The highest BCUT2D eigenvalue weighted by Gasteiger charge is 2.11. The number of benzene rings is 1. The Morgan fingerprint density at radius 1 is 1.22 bits per heavy atom. The first kappa shape index (κ1) is 12.8. The van der Waals surface area contributed by atoms with Crippen LogP contribution in [-0.4, -0.2) is 12.3 Å². The van der Waals surface area contributed by atoms with Gasteiger partial charge in [0.05, 0.1) is 0 Å². The zero-order chi connectivity index (χ0) is 13.0. The minimum Gasteiger partial charge on any atom is -0.453 e. The quantitative estimate of drug-likeness (QED) is 0.626. The lowest BCUT2D eigenvalue weighted by atomic mass is 10.1. The van der Waals surface area contributed by atoms with Crippen molar-refractivity contribution in [2.24, 2.45) is 5.73 Å². The molecule has 2 aromatic rings. The molecule has 0 aliphatic carbocycles. The van der Waals surface area contributed by atoms with E-state index < -0.39 is 0 Å². The number of nitrogens with two attached hydrogens (primary N) is 1. The Balaban J connectivity index is 2.04. The first-order chi connectivity index (χ1) is 8.70. The molecule has 0 unspecified atom stereocenters. The molecule has 0 radical (unpaired) electrons. The van der Waals surface area contributed by atoms with Crippen LogP contribution in [0.15, 0.2) is 28.7 Å². The van der Waals surface area contributed by atoms with Gasteiger partial charge in [-0.15, -0.1) is 0 Å². The molecule has 3 nitrogen and oxygen atoms in total. The van der Waals surface area contributed by atoms with Gasteiger partial charge in [-0.05, 0) is 44.5 Å². The molecule has 0 fully saturated rings. The number of carbonyl (C=O) groups is 1. The first-order valence-corrected chi connectivity index (χ1v) is 6.44. The van der Waals surface area contributed by atoms with Gasteiger partial charge in [0.2, 0.25) is 0 Å². The highest BCUT2D eigenvalue weighted by Crippen LogP contribution is 2.22. The largest absolute Gasteiger partial charge is 0.453 e. The van der Waals surface area contributed by atoms with Gasteiger partial charge in [-0.3, -0.25) is 4.79 Å². The van der Waals surface area contributed by atoms with Crippen LogP contribution in [0, 0.1) is 6.92 Å². The Bertz CT molecular complexity index is 542. The number of fused-ring (bicyclic) bond motifs is 1. The van der Waals surface area contributed by atoms with E-state index in [0.29, 0.717) is 18.7 Å². The van der Waals surface area contributed by atoms with Crippen molar-refractivity contribution >= 4 is 16.8 Å². The smallest absolute Gasteiger partial charge is 0.198 e. The third-order valence-electron chi connectivity index (χ3n) is 3.05. The topological polar surface area (TPSA) is 56.2 Å². The number of Topliss-reactive ketones (excluding diaryl/α,β-unsaturated/α-hetero) is 1. The molecule has 18 heavy (non-hydrogen) atoms. The predicted molar refractivity (Wildman–Crippen MR) is 72.8 cm³/mol. The molecular formula is C15H19NO2. The number of carbonyl (C=O) groups excluding carboxylic acids is 1. The van der Waals surface area contributed by atoms with Gasteiger partial charge in [0.1, 0.15) is 5.58 Å². The summed E-state index contributed by atoms with van der Waals surface area (Å²) < 4.78 is 5.57. The highest BCUT2D eigenvalue weighted by molar-refractivity contribution is 5.97. The molecule has 0 atom stereocenters. The molecule has 0 spiro atoms. The highest BCUT2D eigenvalue weighted by atomic mass is 16.3. The van der Waals surface area contributed by atoms with Crippen LogP contribution in [-0.2, 0) is 0 Å². The van der Waals surface area contributed by atoms with Gasteiger partial charge >= 0.3 is 0 Å². The summed E-state index contributed by atoms with van der Waals surface area (Å²) in [6, 6.07) is 7.77. The molecule has 0 bridgehead atoms. The van der Waals surface area contributed by atoms with Gasteiger partial charge < -0.3 is 10.2 Å². The number of rotatable bonds is 6. The van der Waals surface area contributed by atoms with Crippen LogP contribution >= 0.6 is 0 Å². The third kappa shape index (κ3) is 2.99. The molecule has 2 N–H and O–H groups in total. The fourth-order valence-corrected chi connectivity index (χ4v) is 2.03. The second-order valence-corrected chi connectivity index (χ2v) is 4.67. The summed E-state index contributed by atoms with van der Waals surface area (Å²) in [7, 11) is 0. The Morgan fingerprint density at radius 3 is 2.83 bits per heavy atom. The second kappa shape index (κ2) is 5.83. The van der Waals surface area contributed by atoms with E-state index in [9.17, 15) is 4.79 Å². The summed E-state index contributed by atoms with van der Waals surface area (Å²) in [6.45, 7) is 2.72. The van der Waals surface area contributed by atoms with Crippen molar-refractivity contribution < 1.29 is 9.21 Å². The molecule has 1 heterocycles. The molecule has 96 valence electrons. The lowest BCUT2D eigenvalue weighted by molar-refractivity contribution is 0.0954. The maximum absolute atomic E-state index is 11.9. The van der Waals surface area contributed by atoms with E-state index in [1.54, 1.807) is 0 Å². The first-order valence-electron chi connectivity index (χ1n) is 6.44. The van der Waals surface area contributed by atoms with Gasteiger partial charge in [-0.1, -0.05) is 18.1 Å². The average Bonchev–Trinajstić information content (AvgIpc) is 2.77. The maximum atomic E-state index is 11.9. The fourth-order valence-electron chi connectivity index (χ4n) is 2.03. The van der Waals surface area contributed by atoms with Crippen molar-refractivity contribution in [1.82, 2.24) is 0 Å². The van der Waals surface area contributed by atoms with Crippen LogP contribution in [0.4, 0.5) is 0 Å². The van der Waals surface area contributed by atoms with Gasteiger partial charge in [0.25, 0.3) is 0 Å². The van der Waals surface area contributed by atoms with E-state index in [2.05, 4.69) is 0 Å². The summed E-state index contributed by atoms with van der Waals surface area (Å²) >= 11 is 0. The van der Waals surface area contributed by atoms with Crippen molar-refractivity contribution in [3.8, 4) is 0 Å². The van der Waals surface area contributed by atoms with Crippen LogP contribution in [0.5, 0.6) is 0 Å². The minimum absolute atomic E-state index is 0.0841. The molecular weight excluding hydrogens is 226 g/mol. The summed E-state index contributed by atoms with van der Waals surface area (Å²) in [6.07, 6.45) is 3.40. The molecule has 0 saturated heterocycles. The van der Waals surface area contributed by atoms with E-state index >= 15 is 0 Å². The Morgan fingerprint density at radius 2 is 2.06 bits per heavy atom. The van der Waals surface area contributed by atoms with Crippen LogP contribution in [0.25, 0.3) is 11.0 Å². The van der Waals surface area contributed by atoms with E-state index in [4.69, 9.17) is 10.2 Å². The van der Waals surface area contributed by atoms with E-state index in [-0.39, 0.29) is 5.78 Å². The SMILES string of the molecule is Cc1ccc2oc(C(=O)CCCCCN)cc2c1. The second-order valence-electron chi connectivity index (χ2n) is 4.67. The Labute approximate surface area is 107 Å². The van der Waals surface area contributed by atoms with Crippen molar-refractivity contribution in [1.29, 1.82) is 0 Å². The molecule has 0 saturated carbocycles. The number of furan rings is 1. The molecule has 1 aromatic carbocycles. The molecule has 0 amide bonds. The van der Waals surface area contributed by atoms with Gasteiger partial charge in [-0.2, -0.15) is 0 Å². The zero-order valence-corrected chi connectivity index (χ0v) is 10.7. The molecule has 1 aromatic heterocycles. The van der Waals surface area contributed by atoms with Crippen molar-refractivity contribution in [2.45, 2.75) is 32.6 Å². The van der Waals surface area contributed by atoms with Crippen LogP contribution in [0.1, 0.15) is 41.8 Å². The normalized spacial score (nSPS) is 11.0. The fraction of sp³-hybridized carbons (Fsp3) is 0.400. The predicted octanol–water partition coefficient (Wildman–Crippen LogP) is 3.44. The van der Waals surface area contributed by atoms with E-state index in [1.165, 1.54) is 5.56 Å². The van der Waals surface area contributed by atoms with Crippen LogP contribution in [0.2, 0.25) is 0 Å². The summed E-state index contributed by atoms with van der Waals surface area (Å²) in [4.78, 5) is 11.9. The lowest BCUT2D eigenvalue weighted by Crippen LogP contribution is -2.00. The van der Waals surface area contributed by atoms with E-state index in [1.807, 2.05) is 31.2 Å². The van der Waals surface area contributed by atoms with E-state index in [0.717, 1.165) is 30.2 Å². The van der Waals surface area contributed by atoms with Crippen molar-refractivity contribution in [3.05, 3.63) is 35.6 Å². The molecule has 2 rings (SSSR count). The number of aryl methyl sites for hydroxylation is 1. The minimum atomic E-state index is 0.0841. The monoisotopic (exact) mass is 245 g/mol. The standard InChI is InChI=1S/C15H19NO2/c1-11-6-7-14-12(9-11)10-15(18-14)13(17)5-3-2-4-8-16/h6-7,9-10H,2-5,8,16H2,1H3. The number of unbranched alkanes of at least 4 members (excludes halogenated alkanes) is 2. The maximum Gasteiger partial charge on any atom is 0.198 e. The molecule has 0 aliphatic heterocycles. The Hall–Kier alpha value is -1.61. The summed E-state index contributed by atoms with van der Waals surface area (Å²) in [5.74, 6) is 0.559.